The van der Waals surface area contributed by atoms with Crippen molar-refractivity contribution in [1.29, 1.82) is 0 Å². The number of rotatable bonds is 2. The van der Waals surface area contributed by atoms with Gasteiger partial charge in [0.25, 0.3) is 5.91 Å². The predicted molar refractivity (Wildman–Crippen MR) is 54.7 cm³/mol. The van der Waals surface area contributed by atoms with Gasteiger partial charge in [-0.05, 0) is 11.6 Å². The second-order valence-corrected chi connectivity index (χ2v) is 3.84. The molecule has 2 N–H and O–H groups in total. The lowest BCUT2D eigenvalue weighted by Gasteiger charge is -2.11. The highest BCUT2D eigenvalue weighted by molar-refractivity contribution is 6.44. The van der Waals surface area contributed by atoms with Crippen LogP contribution in [0.4, 0.5) is 13.2 Å². The summed E-state index contributed by atoms with van der Waals surface area (Å²) < 4.78 is 36.6. The summed E-state index contributed by atoms with van der Waals surface area (Å²) in [6.07, 6.45) is -5.72. The Hall–Kier alpha value is -0.940. The first-order valence-corrected chi connectivity index (χ1v) is 4.81. The fraction of sp³-hybridized carbons (Fsp3) is 0.222. The molecular weight excluding hydrogens is 266 g/mol. The summed E-state index contributed by atoms with van der Waals surface area (Å²) in [5, 5.41) is -0.266. The van der Waals surface area contributed by atoms with Crippen molar-refractivity contribution in [2.75, 3.05) is 0 Å². The number of carbonyl (C=O) groups excluding carboxylic acids is 1. The van der Waals surface area contributed by atoms with E-state index < -0.39 is 18.5 Å². The van der Waals surface area contributed by atoms with E-state index in [2.05, 4.69) is 0 Å². The van der Waals surface area contributed by atoms with Gasteiger partial charge in [-0.1, -0.05) is 29.3 Å². The van der Waals surface area contributed by atoms with E-state index in [0.717, 1.165) is 6.07 Å². The Bertz CT molecular complexity index is 431. The van der Waals surface area contributed by atoms with Crippen molar-refractivity contribution in [3.05, 3.63) is 33.3 Å². The van der Waals surface area contributed by atoms with Crippen LogP contribution in [0.2, 0.25) is 10.0 Å². The van der Waals surface area contributed by atoms with Gasteiger partial charge in [-0.25, -0.2) is 0 Å². The number of hydrogen-bond donors (Lipinski definition) is 1. The highest BCUT2D eigenvalue weighted by Gasteiger charge is 2.30. The summed E-state index contributed by atoms with van der Waals surface area (Å²) >= 11 is 11.2. The van der Waals surface area contributed by atoms with Crippen LogP contribution in [0.3, 0.4) is 0 Å². The Labute approximate surface area is 99.1 Å². The van der Waals surface area contributed by atoms with Gasteiger partial charge in [-0.15, -0.1) is 0 Å². The molecule has 0 saturated heterocycles. The lowest BCUT2D eigenvalue weighted by Crippen LogP contribution is -2.19. The number of carbonyl (C=O) groups is 1. The average molecular weight is 272 g/mol. The molecule has 1 aromatic rings. The van der Waals surface area contributed by atoms with Crippen LogP contribution < -0.4 is 5.73 Å². The quantitative estimate of drug-likeness (QED) is 0.882. The molecule has 2 nitrogen and oxygen atoms in total. The average Bonchev–Trinajstić information content (AvgIpc) is 2.08. The Morgan fingerprint density at radius 3 is 2.31 bits per heavy atom. The lowest BCUT2D eigenvalue weighted by atomic mass is 10.0. The van der Waals surface area contributed by atoms with E-state index in [-0.39, 0.29) is 21.2 Å². The van der Waals surface area contributed by atoms with Gasteiger partial charge in [0.05, 0.1) is 22.0 Å². The minimum absolute atomic E-state index is 0.0126. The molecule has 0 atom stereocenters. The van der Waals surface area contributed by atoms with Gasteiger partial charge < -0.3 is 5.73 Å². The maximum Gasteiger partial charge on any atom is 0.393 e. The smallest absolute Gasteiger partial charge is 0.366 e. The second-order valence-electron chi connectivity index (χ2n) is 3.05. The summed E-state index contributed by atoms with van der Waals surface area (Å²) in [5.41, 5.74) is 4.29. The Morgan fingerprint density at radius 2 is 1.88 bits per heavy atom. The lowest BCUT2D eigenvalue weighted by molar-refractivity contribution is -0.127. The van der Waals surface area contributed by atoms with Crippen molar-refractivity contribution in [3.63, 3.8) is 0 Å². The van der Waals surface area contributed by atoms with E-state index >= 15 is 0 Å². The predicted octanol–water partition coefficient (Wildman–Crippen LogP) is 3.20. The zero-order chi connectivity index (χ0) is 12.5. The van der Waals surface area contributed by atoms with E-state index in [0.29, 0.717) is 0 Å². The number of primary amides is 1. The van der Waals surface area contributed by atoms with Crippen LogP contribution in [0, 0.1) is 0 Å². The third-order valence-electron chi connectivity index (χ3n) is 1.82. The van der Waals surface area contributed by atoms with Crippen LogP contribution in [0.25, 0.3) is 0 Å². The first-order chi connectivity index (χ1) is 7.22. The molecule has 0 heterocycles. The van der Waals surface area contributed by atoms with Crippen LogP contribution in [0.5, 0.6) is 0 Å². The van der Waals surface area contributed by atoms with Gasteiger partial charge in [0, 0.05) is 0 Å². The Balaban J connectivity index is 3.29. The SMILES string of the molecule is NC(=O)c1c(CC(F)(F)F)ccc(Cl)c1Cl. The van der Waals surface area contributed by atoms with Gasteiger partial charge in [0.15, 0.2) is 0 Å². The van der Waals surface area contributed by atoms with Crippen molar-refractivity contribution >= 4 is 29.1 Å². The molecule has 1 amide bonds. The van der Waals surface area contributed by atoms with Crippen LogP contribution in [0.15, 0.2) is 12.1 Å². The van der Waals surface area contributed by atoms with Gasteiger partial charge in [0.1, 0.15) is 0 Å². The summed E-state index contributed by atoms with van der Waals surface area (Å²) in [4.78, 5) is 11.0. The highest BCUT2D eigenvalue weighted by Crippen LogP contribution is 2.31. The number of hydrogen-bond acceptors (Lipinski definition) is 1. The number of halogens is 5. The van der Waals surface area contributed by atoms with Gasteiger partial charge >= 0.3 is 6.18 Å². The summed E-state index contributed by atoms with van der Waals surface area (Å²) in [6, 6.07) is 2.28. The maximum atomic E-state index is 12.2. The third kappa shape index (κ3) is 3.02. The molecule has 16 heavy (non-hydrogen) atoms. The van der Waals surface area contributed by atoms with E-state index in [1.165, 1.54) is 6.07 Å². The number of alkyl halides is 3. The molecule has 0 aliphatic carbocycles. The van der Waals surface area contributed by atoms with Crippen LogP contribution >= 0.6 is 23.2 Å². The molecule has 0 fully saturated rings. The summed E-state index contributed by atoms with van der Waals surface area (Å²) in [6.45, 7) is 0. The molecule has 0 spiro atoms. The first kappa shape index (κ1) is 13.1. The normalized spacial score (nSPS) is 11.6. The van der Waals surface area contributed by atoms with Crippen molar-refractivity contribution in [2.45, 2.75) is 12.6 Å². The molecule has 0 saturated carbocycles. The molecule has 0 aromatic heterocycles. The number of amides is 1. The highest BCUT2D eigenvalue weighted by atomic mass is 35.5. The largest absolute Gasteiger partial charge is 0.393 e. The Morgan fingerprint density at radius 1 is 1.31 bits per heavy atom. The van der Waals surface area contributed by atoms with Crippen molar-refractivity contribution in [3.8, 4) is 0 Å². The van der Waals surface area contributed by atoms with Crippen LogP contribution in [-0.2, 0) is 6.42 Å². The second kappa shape index (κ2) is 4.51. The van der Waals surface area contributed by atoms with E-state index in [4.69, 9.17) is 28.9 Å². The molecule has 7 heteroatoms. The molecule has 1 rings (SSSR count). The summed E-state index contributed by atoms with van der Waals surface area (Å²) in [5.74, 6) is -1.04. The molecule has 0 aliphatic heterocycles. The first-order valence-electron chi connectivity index (χ1n) is 4.06. The van der Waals surface area contributed by atoms with E-state index in [1.54, 1.807) is 0 Å². The zero-order valence-corrected chi connectivity index (χ0v) is 9.25. The fourth-order valence-electron chi connectivity index (χ4n) is 1.22. The topological polar surface area (TPSA) is 43.1 Å². The molecule has 0 unspecified atom stereocenters. The minimum atomic E-state index is -4.44. The minimum Gasteiger partial charge on any atom is -0.366 e. The summed E-state index contributed by atoms with van der Waals surface area (Å²) in [7, 11) is 0. The van der Waals surface area contributed by atoms with Crippen LogP contribution in [-0.4, -0.2) is 12.1 Å². The molecule has 0 aliphatic rings. The van der Waals surface area contributed by atoms with Crippen molar-refractivity contribution < 1.29 is 18.0 Å². The van der Waals surface area contributed by atoms with Gasteiger partial charge in [-0.2, -0.15) is 13.2 Å². The third-order valence-corrected chi connectivity index (χ3v) is 2.62. The van der Waals surface area contributed by atoms with Crippen LogP contribution in [0.1, 0.15) is 15.9 Å². The number of nitrogens with two attached hydrogens (primary N) is 1. The van der Waals surface area contributed by atoms with Gasteiger partial charge in [0.2, 0.25) is 0 Å². The zero-order valence-electron chi connectivity index (χ0n) is 7.74. The number of benzene rings is 1. The fourth-order valence-corrected chi connectivity index (χ4v) is 1.66. The standard InChI is InChI=1S/C9H6Cl2F3NO/c10-5-2-1-4(3-9(12,13)14)6(7(5)11)8(15)16/h1-2H,3H2,(H2,15,16). The van der Waals surface area contributed by atoms with Crippen molar-refractivity contribution in [2.24, 2.45) is 5.73 Å². The molecule has 0 bridgehead atoms. The van der Waals surface area contributed by atoms with E-state index in [9.17, 15) is 18.0 Å². The molecular formula is C9H6Cl2F3NO. The molecule has 0 radical (unpaired) electrons. The monoisotopic (exact) mass is 271 g/mol. The maximum absolute atomic E-state index is 12.2. The molecule has 88 valence electrons. The van der Waals surface area contributed by atoms with E-state index in [1.807, 2.05) is 0 Å². The van der Waals surface area contributed by atoms with Crippen molar-refractivity contribution in [1.82, 2.24) is 0 Å². The van der Waals surface area contributed by atoms with Gasteiger partial charge in [-0.3, -0.25) is 4.79 Å². The molecule has 1 aromatic carbocycles. The Kier molecular flexibility index (Phi) is 3.70.